The largest absolute Gasteiger partial charge is 0.396 e. The molecule has 0 radical (unpaired) electrons. The molecule has 1 aliphatic heterocycles. The maximum Gasteiger partial charge on any atom is 0.252 e. The molecule has 0 bridgehead atoms. The number of aromatic nitrogens is 1. The Balaban J connectivity index is 1.59. The first-order valence-corrected chi connectivity index (χ1v) is 9.28. The van der Waals surface area contributed by atoms with Gasteiger partial charge in [-0.2, -0.15) is 0 Å². The second kappa shape index (κ2) is 8.32. The third-order valence-electron chi connectivity index (χ3n) is 5.53. The molecule has 5 heteroatoms. The Kier molecular flexibility index (Phi) is 5.89. The van der Waals surface area contributed by atoms with Gasteiger partial charge >= 0.3 is 0 Å². The number of hydrogen-bond acceptors (Lipinski definition) is 4. The van der Waals surface area contributed by atoms with Crippen molar-refractivity contribution in [2.24, 2.45) is 11.1 Å². The maximum atomic E-state index is 11.6. The number of primary amides is 1. The van der Waals surface area contributed by atoms with E-state index in [1.807, 2.05) is 6.07 Å². The quantitative estimate of drug-likeness (QED) is 0.802. The number of carbonyl (C=O) groups excluding carboxylic acids is 1. The van der Waals surface area contributed by atoms with Crippen molar-refractivity contribution in [1.29, 1.82) is 0 Å². The second-order valence-electron chi connectivity index (χ2n) is 7.22. The minimum absolute atomic E-state index is 0.0348. The van der Waals surface area contributed by atoms with Gasteiger partial charge in [-0.3, -0.25) is 4.79 Å². The maximum absolute atomic E-state index is 11.6. The minimum atomic E-state index is -0.449. The highest BCUT2D eigenvalue weighted by Gasteiger charge is 2.34. The van der Waals surface area contributed by atoms with Gasteiger partial charge in [0, 0.05) is 25.9 Å². The number of aliphatic hydroxyl groups is 1. The Bertz CT molecular complexity index is 725. The van der Waals surface area contributed by atoms with E-state index in [2.05, 4.69) is 34.1 Å². The Morgan fingerprint density at radius 1 is 1.15 bits per heavy atom. The zero-order chi connectivity index (χ0) is 18.4. The first kappa shape index (κ1) is 18.4. The van der Waals surface area contributed by atoms with Crippen LogP contribution in [0.3, 0.4) is 0 Å². The summed E-state index contributed by atoms with van der Waals surface area (Å²) in [6, 6.07) is 13.9. The van der Waals surface area contributed by atoms with Crippen LogP contribution in [-0.2, 0) is 6.42 Å². The summed E-state index contributed by atoms with van der Waals surface area (Å²) in [5.74, 6) is 0.214. The molecule has 0 saturated carbocycles. The summed E-state index contributed by atoms with van der Waals surface area (Å²) in [7, 11) is 0. The van der Waals surface area contributed by atoms with Crippen molar-refractivity contribution in [3.05, 3.63) is 59.8 Å². The molecular weight excluding hydrogens is 326 g/mol. The highest BCUT2D eigenvalue weighted by Crippen LogP contribution is 2.37. The van der Waals surface area contributed by atoms with Crippen molar-refractivity contribution in [1.82, 2.24) is 4.98 Å². The zero-order valence-corrected chi connectivity index (χ0v) is 15.1. The average molecular weight is 353 g/mol. The van der Waals surface area contributed by atoms with Crippen LogP contribution in [0, 0.1) is 5.41 Å². The lowest BCUT2D eigenvalue weighted by Gasteiger charge is -2.41. The first-order chi connectivity index (χ1) is 12.6. The number of nitrogens with zero attached hydrogens (tertiary/aromatic N) is 2. The van der Waals surface area contributed by atoms with Crippen LogP contribution in [0.5, 0.6) is 0 Å². The summed E-state index contributed by atoms with van der Waals surface area (Å²) in [6.45, 7) is 1.77. The number of piperidine rings is 1. The number of aliphatic hydroxyl groups excluding tert-OH is 1. The van der Waals surface area contributed by atoms with E-state index in [1.54, 1.807) is 18.3 Å². The fraction of sp³-hybridized carbons (Fsp3) is 0.429. The van der Waals surface area contributed by atoms with Crippen molar-refractivity contribution in [3.63, 3.8) is 0 Å². The third kappa shape index (κ3) is 4.22. The van der Waals surface area contributed by atoms with Gasteiger partial charge in [0.25, 0.3) is 5.91 Å². The monoisotopic (exact) mass is 353 g/mol. The van der Waals surface area contributed by atoms with E-state index in [0.29, 0.717) is 11.4 Å². The normalized spacial score (nSPS) is 16.4. The molecule has 5 nitrogen and oxygen atoms in total. The van der Waals surface area contributed by atoms with E-state index in [4.69, 9.17) is 5.73 Å². The van der Waals surface area contributed by atoms with Gasteiger partial charge in [-0.05, 0) is 55.2 Å². The first-order valence-electron chi connectivity index (χ1n) is 9.28. The SMILES string of the molecule is NC(=O)c1cccnc1N1CCC(CO)(CCCc2ccccc2)CC1. The average Bonchev–Trinajstić information content (AvgIpc) is 2.69. The zero-order valence-electron chi connectivity index (χ0n) is 15.1. The van der Waals surface area contributed by atoms with Crippen molar-refractivity contribution in [3.8, 4) is 0 Å². The fourth-order valence-corrected chi connectivity index (χ4v) is 3.83. The standard InChI is InChI=1S/C21H27N3O2/c22-19(26)18-9-5-13-23-20(18)24-14-11-21(16-25,12-15-24)10-4-8-17-6-2-1-3-7-17/h1-3,5-7,9,13,25H,4,8,10-12,14-16H2,(H2,22,26). The van der Waals surface area contributed by atoms with Crippen molar-refractivity contribution in [2.75, 3.05) is 24.6 Å². The molecule has 2 aromatic rings. The molecule has 1 saturated heterocycles. The molecule has 0 atom stereocenters. The van der Waals surface area contributed by atoms with Crippen LogP contribution >= 0.6 is 0 Å². The molecule has 0 spiro atoms. The van der Waals surface area contributed by atoms with Crippen LogP contribution < -0.4 is 10.6 Å². The molecule has 138 valence electrons. The van der Waals surface area contributed by atoms with Gasteiger partial charge in [-0.25, -0.2) is 4.98 Å². The molecule has 1 aromatic heterocycles. The minimum Gasteiger partial charge on any atom is -0.396 e. The van der Waals surface area contributed by atoms with Crippen LogP contribution in [0.4, 0.5) is 5.82 Å². The van der Waals surface area contributed by atoms with Crippen molar-refractivity contribution < 1.29 is 9.90 Å². The lowest BCUT2D eigenvalue weighted by molar-refractivity contribution is 0.0847. The van der Waals surface area contributed by atoms with E-state index in [9.17, 15) is 9.90 Å². The number of carbonyl (C=O) groups is 1. The van der Waals surface area contributed by atoms with Crippen LogP contribution in [0.15, 0.2) is 48.7 Å². The van der Waals surface area contributed by atoms with Crippen LogP contribution in [0.1, 0.15) is 41.6 Å². The number of rotatable bonds is 7. The molecule has 1 aliphatic rings. The molecule has 1 fully saturated rings. The van der Waals surface area contributed by atoms with Gasteiger partial charge in [-0.1, -0.05) is 30.3 Å². The summed E-state index contributed by atoms with van der Waals surface area (Å²) in [4.78, 5) is 18.1. The van der Waals surface area contributed by atoms with Gasteiger partial charge in [0.1, 0.15) is 5.82 Å². The molecular formula is C21H27N3O2. The van der Waals surface area contributed by atoms with Gasteiger partial charge < -0.3 is 15.7 Å². The number of aryl methyl sites for hydroxylation is 1. The lowest BCUT2D eigenvalue weighted by Crippen LogP contribution is -2.43. The molecule has 1 amide bonds. The summed E-state index contributed by atoms with van der Waals surface area (Å²) >= 11 is 0. The molecule has 3 N–H and O–H groups in total. The number of anilines is 1. The summed E-state index contributed by atoms with van der Waals surface area (Å²) in [5, 5.41) is 10.0. The Labute approximate surface area is 154 Å². The topological polar surface area (TPSA) is 79.5 Å². The van der Waals surface area contributed by atoms with Crippen molar-refractivity contribution in [2.45, 2.75) is 32.1 Å². The number of hydrogen-bond donors (Lipinski definition) is 2. The second-order valence-corrected chi connectivity index (χ2v) is 7.22. The van der Waals surface area contributed by atoms with Gasteiger partial charge in [0.15, 0.2) is 0 Å². The lowest BCUT2D eigenvalue weighted by atomic mass is 9.75. The molecule has 0 aliphatic carbocycles. The van der Waals surface area contributed by atoms with E-state index >= 15 is 0 Å². The number of amides is 1. The van der Waals surface area contributed by atoms with Crippen LogP contribution in [0.2, 0.25) is 0 Å². The molecule has 26 heavy (non-hydrogen) atoms. The number of pyridine rings is 1. The van der Waals surface area contributed by atoms with Gasteiger partial charge in [0.05, 0.1) is 5.56 Å². The third-order valence-corrected chi connectivity index (χ3v) is 5.53. The number of nitrogens with two attached hydrogens (primary N) is 1. The summed E-state index contributed by atoms with van der Waals surface area (Å²) in [6.07, 6.45) is 6.60. The Hall–Kier alpha value is -2.40. The fourth-order valence-electron chi connectivity index (χ4n) is 3.83. The van der Waals surface area contributed by atoms with Crippen molar-refractivity contribution >= 4 is 11.7 Å². The molecule has 3 rings (SSSR count). The summed E-state index contributed by atoms with van der Waals surface area (Å²) in [5.41, 5.74) is 7.25. The van der Waals surface area contributed by atoms with Crippen LogP contribution in [-0.4, -0.2) is 35.7 Å². The molecule has 2 heterocycles. The van der Waals surface area contributed by atoms with Gasteiger partial charge in [0.2, 0.25) is 0 Å². The highest BCUT2D eigenvalue weighted by molar-refractivity contribution is 5.97. The number of benzene rings is 1. The van der Waals surface area contributed by atoms with E-state index < -0.39 is 5.91 Å². The molecule has 0 unspecified atom stereocenters. The van der Waals surface area contributed by atoms with E-state index in [0.717, 1.165) is 45.2 Å². The smallest absolute Gasteiger partial charge is 0.252 e. The summed E-state index contributed by atoms with van der Waals surface area (Å²) < 4.78 is 0. The Morgan fingerprint density at radius 2 is 1.88 bits per heavy atom. The Morgan fingerprint density at radius 3 is 2.54 bits per heavy atom. The highest BCUT2D eigenvalue weighted by atomic mass is 16.3. The van der Waals surface area contributed by atoms with E-state index in [1.165, 1.54) is 5.56 Å². The predicted octanol–water partition coefficient (Wildman–Crippen LogP) is 2.78. The molecule has 1 aromatic carbocycles. The van der Waals surface area contributed by atoms with Gasteiger partial charge in [-0.15, -0.1) is 0 Å². The van der Waals surface area contributed by atoms with E-state index in [-0.39, 0.29) is 12.0 Å². The predicted molar refractivity (Wildman–Crippen MR) is 103 cm³/mol. The van der Waals surface area contributed by atoms with Crippen LogP contribution in [0.25, 0.3) is 0 Å².